The fourth-order valence-corrected chi connectivity index (χ4v) is 3.77. The smallest absolute Gasteiger partial charge is 0.264 e. The van der Waals surface area contributed by atoms with Crippen LogP contribution in [0.3, 0.4) is 0 Å². The molecule has 0 fully saturated rings. The Labute approximate surface area is 144 Å². The first-order chi connectivity index (χ1) is 11.4. The van der Waals surface area contributed by atoms with Gasteiger partial charge in [0.25, 0.3) is 10.0 Å². The van der Waals surface area contributed by atoms with Crippen molar-refractivity contribution in [2.45, 2.75) is 18.2 Å². The van der Waals surface area contributed by atoms with E-state index in [1.165, 1.54) is 24.3 Å². The lowest BCUT2D eigenvalue weighted by Gasteiger charge is -2.14. The summed E-state index contributed by atoms with van der Waals surface area (Å²) in [4.78, 5) is -0.439. The van der Waals surface area contributed by atoms with E-state index in [4.69, 9.17) is 21.1 Å². The normalized spacial score (nSPS) is 14.1. The molecule has 1 aliphatic heterocycles. The lowest BCUT2D eigenvalue weighted by molar-refractivity contribution is 0.297. The van der Waals surface area contributed by atoms with E-state index in [9.17, 15) is 12.8 Å². The molecule has 0 spiro atoms. The van der Waals surface area contributed by atoms with Crippen LogP contribution in [0.5, 0.6) is 11.5 Å². The maximum Gasteiger partial charge on any atom is 0.264 e. The minimum atomic E-state index is -4.13. The van der Waals surface area contributed by atoms with Crippen LogP contribution in [0.2, 0.25) is 5.02 Å². The van der Waals surface area contributed by atoms with Gasteiger partial charge in [-0.05, 0) is 24.6 Å². The Morgan fingerprint density at radius 3 is 2.50 bits per heavy atom. The summed E-state index contributed by atoms with van der Waals surface area (Å²) in [5, 5.41) is 0.135. The molecule has 1 N–H and O–H groups in total. The number of hydrogen-bond donors (Lipinski definition) is 1. The van der Waals surface area contributed by atoms with Gasteiger partial charge in [0.2, 0.25) is 0 Å². The van der Waals surface area contributed by atoms with Gasteiger partial charge >= 0.3 is 0 Å². The number of fused-ring (bicyclic) bond motifs is 1. The van der Waals surface area contributed by atoms with E-state index in [2.05, 4.69) is 4.72 Å². The van der Waals surface area contributed by atoms with Gasteiger partial charge in [-0.2, -0.15) is 0 Å². The molecule has 2 aromatic carbocycles. The van der Waals surface area contributed by atoms with Crippen molar-refractivity contribution < 1.29 is 22.3 Å². The Balaban J connectivity index is 1.98. The van der Waals surface area contributed by atoms with Crippen LogP contribution < -0.4 is 14.2 Å². The largest absolute Gasteiger partial charge is 0.490 e. The second-order valence-corrected chi connectivity index (χ2v) is 7.43. The Bertz CT molecular complexity index is 886. The highest BCUT2D eigenvalue weighted by molar-refractivity contribution is 7.92. The zero-order chi connectivity index (χ0) is 17.3. The van der Waals surface area contributed by atoms with Crippen LogP contribution in [0.4, 0.5) is 10.1 Å². The maximum atomic E-state index is 13.9. The highest BCUT2D eigenvalue weighted by Gasteiger charge is 2.22. The van der Waals surface area contributed by atoms with E-state index in [1.807, 2.05) is 0 Å². The summed E-state index contributed by atoms with van der Waals surface area (Å²) in [7, 11) is -4.13. The van der Waals surface area contributed by atoms with Crippen molar-refractivity contribution in [3.8, 4) is 11.5 Å². The molecule has 2 aromatic rings. The molecular weight excluding hydrogens is 357 g/mol. The maximum absolute atomic E-state index is 13.9. The average molecular weight is 372 g/mol. The van der Waals surface area contributed by atoms with Crippen LogP contribution in [0.1, 0.15) is 12.0 Å². The second-order valence-electron chi connectivity index (χ2n) is 5.37. The van der Waals surface area contributed by atoms with Crippen molar-refractivity contribution in [2.75, 3.05) is 17.9 Å². The number of aryl methyl sites for hydroxylation is 1. The summed E-state index contributed by atoms with van der Waals surface area (Å²) in [6.07, 6.45) is 0.710. The molecule has 0 amide bonds. The third-order valence-corrected chi connectivity index (χ3v) is 5.15. The van der Waals surface area contributed by atoms with E-state index in [0.29, 0.717) is 36.7 Å². The van der Waals surface area contributed by atoms with E-state index in [-0.39, 0.29) is 10.7 Å². The number of hydrogen-bond acceptors (Lipinski definition) is 4. The van der Waals surface area contributed by atoms with Crippen molar-refractivity contribution in [1.29, 1.82) is 0 Å². The van der Waals surface area contributed by atoms with Crippen molar-refractivity contribution in [1.82, 2.24) is 0 Å². The zero-order valence-electron chi connectivity index (χ0n) is 12.8. The van der Waals surface area contributed by atoms with Gasteiger partial charge in [-0.1, -0.05) is 17.7 Å². The molecule has 128 valence electrons. The predicted molar refractivity (Wildman–Crippen MR) is 89.0 cm³/mol. The third-order valence-electron chi connectivity index (χ3n) is 3.46. The van der Waals surface area contributed by atoms with Crippen molar-refractivity contribution in [3.63, 3.8) is 0 Å². The fourth-order valence-electron chi connectivity index (χ4n) is 2.28. The molecule has 0 saturated carbocycles. The Kier molecular flexibility index (Phi) is 4.56. The molecule has 0 saturated heterocycles. The van der Waals surface area contributed by atoms with Gasteiger partial charge in [0.1, 0.15) is 10.7 Å². The van der Waals surface area contributed by atoms with Gasteiger partial charge in [0.05, 0.1) is 23.9 Å². The molecular formula is C16H15ClFNO4S. The first-order valence-corrected chi connectivity index (χ1v) is 9.11. The monoisotopic (exact) mass is 371 g/mol. The highest BCUT2D eigenvalue weighted by atomic mass is 35.5. The van der Waals surface area contributed by atoms with Gasteiger partial charge in [-0.25, -0.2) is 12.8 Å². The molecule has 24 heavy (non-hydrogen) atoms. The minimum Gasteiger partial charge on any atom is -0.490 e. The summed E-state index contributed by atoms with van der Waals surface area (Å²) >= 11 is 6.12. The average Bonchev–Trinajstić information content (AvgIpc) is 2.74. The van der Waals surface area contributed by atoms with Gasteiger partial charge in [-0.3, -0.25) is 4.72 Å². The minimum absolute atomic E-state index is 0.0989. The zero-order valence-corrected chi connectivity index (χ0v) is 14.4. The number of benzene rings is 2. The topological polar surface area (TPSA) is 64.6 Å². The van der Waals surface area contributed by atoms with E-state index in [1.54, 1.807) is 6.92 Å². The summed E-state index contributed by atoms with van der Waals surface area (Å²) in [6, 6.07) is 6.78. The van der Waals surface area contributed by atoms with Gasteiger partial charge < -0.3 is 9.47 Å². The summed E-state index contributed by atoms with van der Waals surface area (Å²) in [6.45, 7) is 2.62. The molecule has 1 heterocycles. The fraction of sp³-hybridized carbons (Fsp3) is 0.250. The highest BCUT2D eigenvalue weighted by Crippen LogP contribution is 2.38. The molecule has 5 nitrogen and oxygen atoms in total. The SMILES string of the molecule is Cc1ccc(F)c(S(=O)(=O)Nc2cc3c(cc2Cl)OCCCO3)c1. The number of sulfonamides is 1. The molecule has 0 radical (unpaired) electrons. The van der Waals surface area contributed by atoms with Gasteiger partial charge in [0, 0.05) is 18.6 Å². The quantitative estimate of drug-likeness (QED) is 0.892. The van der Waals surface area contributed by atoms with E-state index in [0.717, 1.165) is 6.07 Å². The molecule has 3 rings (SSSR count). The number of nitrogens with one attached hydrogen (secondary N) is 1. The Morgan fingerprint density at radius 1 is 1.12 bits per heavy atom. The molecule has 0 aliphatic carbocycles. The summed E-state index contributed by atoms with van der Waals surface area (Å²) in [5.74, 6) is 0.0000593. The number of halogens is 2. The van der Waals surface area contributed by atoms with Crippen LogP contribution in [0.25, 0.3) is 0 Å². The number of ether oxygens (including phenoxy) is 2. The van der Waals surface area contributed by atoms with Crippen LogP contribution in [0.15, 0.2) is 35.2 Å². The van der Waals surface area contributed by atoms with Gasteiger partial charge in [0.15, 0.2) is 11.5 Å². The molecule has 0 bridgehead atoms. The summed E-state index contributed by atoms with van der Waals surface area (Å²) < 4.78 is 52.2. The summed E-state index contributed by atoms with van der Waals surface area (Å²) in [5.41, 5.74) is 0.725. The second kappa shape index (κ2) is 6.49. The molecule has 0 unspecified atom stereocenters. The van der Waals surface area contributed by atoms with Crippen molar-refractivity contribution >= 4 is 27.3 Å². The molecule has 0 aromatic heterocycles. The lowest BCUT2D eigenvalue weighted by atomic mass is 10.2. The predicted octanol–water partition coefficient (Wildman–Crippen LogP) is 3.75. The van der Waals surface area contributed by atoms with Crippen molar-refractivity contribution in [3.05, 3.63) is 46.7 Å². The molecule has 8 heteroatoms. The van der Waals surface area contributed by atoms with Crippen LogP contribution in [-0.4, -0.2) is 21.6 Å². The Morgan fingerprint density at radius 2 is 1.79 bits per heavy atom. The van der Waals surface area contributed by atoms with E-state index >= 15 is 0 Å². The first-order valence-electron chi connectivity index (χ1n) is 7.25. The van der Waals surface area contributed by atoms with E-state index < -0.39 is 20.7 Å². The third kappa shape index (κ3) is 3.42. The lowest BCUT2D eigenvalue weighted by Crippen LogP contribution is -2.15. The first kappa shape index (κ1) is 16.9. The van der Waals surface area contributed by atoms with Crippen LogP contribution in [-0.2, 0) is 10.0 Å². The van der Waals surface area contributed by atoms with Crippen LogP contribution in [0, 0.1) is 12.7 Å². The molecule has 1 aliphatic rings. The number of anilines is 1. The Hall–Kier alpha value is -1.99. The standard InChI is InChI=1S/C16H15ClFNO4S/c1-10-3-4-12(18)16(7-10)24(20,21)19-13-9-15-14(8-11(13)17)22-5-2-6-23-15/h3-4,7-9,19H,2,5-6H2,1H3. The molecule has 0 atom stereocenters. The van der Waals surface area contributed by atoms with Crippen molar-refractivity contribution in [2.24, 2.45) is 0 Å². The van der Waals surface area contributed by atoms with Gasteiger partial charge in [-0.15, -0.1) is 0 Å². The number of rotatable bonds is 3. The van der Waals surface area contributed by atoms with Crippen LogP contribution >= 0.6 is 11.6 Å².